The standard InChI is InChI=1S/C18H19NO7.2C2H6/c1-3-25-18(21)17(19(22)23)14(16-5-4-10-26-16)11-15(20)12-6-8-13(24-2)9-7-12;2*1-2/h4-10,14,17H,3,11H2,1-2H3;2*1-2H3. The molecule has 30 heavy (non-hydrogen) atoms. The average Bonchev–Trinajstić information content (AvgIpc) is 3.31. The third-order valence-corrected chi connectivity index (χ3v) is 3.86. The molecule has 2 aromatic rings. The van der Waals surface area contributed by atoms with Crippen molar-refractivity contribution in [1.29, 1.82) is 0 Å². The molecule has 0 aliphatic rings. The van der Waals surface area contributed by atoms with Gasteiger partial charge in [0.1, 0.15) is 17.4 Å². The Labute approximate surface area is 177 Å². The Morgan fingerprint density at radius 2 is 1.70 bits per heavy atom. The van der Waals surface area contributed by atoms with Gasteiger partial charge in [0.05, 0.1) is 20.0 Å². The van der Waals surface area contributed by atoms with Crippen molar-refractivity contribution in [2.75, 3.05) is 13.7 Å². The highest BCUT2D eigenvalue weighted by Crippen LogP contribution is 2.29. The molecule has 0 fully saturated rings. The first kappa shape index (κ1) is 26.8. The SMILES string of the molecule is CC.CC.CCOC(=O)C(C(CC(=O)c1ccc(OC)cc1)c1ccco1)[N+](=O)[O-]. The monoisotopic (exact) mass is 421 g/mol. The molecule has 0 saturated heterocycles. The highest BCUT2D eigenvalue weighted by Gasteiger charge is 2.43. The maximum atomic E-state index is 12.6. The van der Waals surface area contributed by atoms with E-state index in [1.165, 1.54) is 19.4 Å². The summed E-state index contributed by atoms with van der Waals surface area (Å²) in [5.74, 6) is -1.67. The lowest BCUT2D eigenvalue weighted by Gasteiger charge is -2.17. The van der Waals surface area contributed by atoms with Gasteiger partial charge in [-0.15, -0.1) is 0 Å². The first-order chi connectivity index (χ1) is 14.5. The maximum Gasteiger partial charge on any atom is 0.382 e. The van der Waals surface area contributed by atoms with Crippen LogP contribution in [0.4, 0.5) is 0 Å². The Balaban J connectivity index is 0.00000198. The number of nitro groups is 1. The quantitative estimate of drug-likeness (QED) is 0.245. The second-order valence-electron chi connectivity index (χ2n) is 5.46. The van der Waals surface area contributed by atoms with Gasteiger partial charge in [0, 0.05) is 16.9 Å². The Hall–Kier alpha value is -3.16. The number of methoxy groups -OCH3 is 1. The zero-order valence-electron chi connectivity index (χ0n) is 18.4. The number of ether oxygens (including phenoxy) is 2. The Kier molecular flexibility index (Phi) is 13.2. The number of hydrogen-bond acceptors (Lipinski definition) is 7. The summed E-state index contributed by atoms with van der Waals surface area (Å²) in [5, 5.41) is 11.5. The molecule has 0 saturated carbocycles. The minimum absolute atomic E-state index is 0.000471. The number of rotatable bonds is 9. The maximum absolute atomic E-state index is 12.6. The van der Waals surface area contributed by atoms with Crippen LogP contribution < -0.4 is 4.74 Å². The first-order valence-electron chi connectivity index (χ1n) is 9.98. The number of esters is 1. The van der Waals surface area contributed by atoms with Crippen LogP contribution in [0.5, 0.6) is 5.75 Å². The highest BCUT2D eigenvalue weighted by molar-refractivity contribution is 5.97. The van der Waals surface area contributed by atoms with E-state index in [4.69, 9.17) is 13.9 Å². The summed E-state index contributed by atoms with van der Waals surface area (Å²) in [5.41, 5.74) is 0.355. The number of carbonyl (C=O) groups is 2. The lowest BCUT2D eigenvalue weighted by Crippen LogP contribution is -2.38. The third kappa shape index (κ3) is 7.69. The summed E-state index contributed by atoms with van der Waals surface area (Å²) in [6.45, 7) is 9.56. The van der Waals surface area contributed by atoms with Crippen molar-refractivity contribution in [3.05, 3.63) is 64.1 Å². The number of carbonyl (C=O) groups excluding carboxylic acids is 2. The van der Waals surface area contributed by atoms with Crippen LogP contribution in [0.1, 0.15) is 63.1 Å². The van der Waals surface area contributed by atoms with Crippen molar-refractivity contribution in [2.24, 2.45) is 0 Å². The molecular formula is C22H31NO7. The van der Waals surface area contributed by atoms with Crippen LogP contribution in [0.3, 0.4) is 0 Å². The second-order valence-corrected chi connectivity index (χ2v) is 5.46. The van der Waals surface area contributed by atoms with Gasteiger partial charge in [-0.05, 0) is 43.3 Å². The molecule has 0 aliphatic heterocycles. The molecule has 2 rings (SSSR count). The van der Waals surface area contributed by atoms with Crippen molar-refractivity contribution in [2.45, 2.75) is 53.0 Å². The van der Waals surface area contributed by atoms with Gasteiger partial charge in [-0.1, -0.05) is 27.7 Å². The van der Waals surface area contributed by atoms with Gasteiger partial charge in [-0.3, -0.25) is 14.9 Å². The fourth-order valence-electron chi connectivity index (χ4n) is 2.59. The number of ketones is 1. The normalized spacial score (nSPS) is 11.5. The molecule has 1 aromatic heterocycles. The molecule has 0 amide bonds. The molecule has 1 heterocycles. The van der Waals surface area contributed by atoms with E-state index in [1.54, 1.807) is 37.3 Å². The van der Waals surface area contributed by atoms with Crippen LogP contribution in [-0.2, 0) is 9.53 Å². The van der Waals surface area contributed by atoms with E-state index in [0.29, 0.717) is 11.3 Å². The second kappa shape index (κ2) is 14.8. The number of nitrogens with zero attached hydrogens (tertiary/aromatic N) is 1. The molecule has 8 nitrogen and oxygen atoms in total. The Morgan fingerprint density at radius 3 is 2.13 bits per heavy atom. The molecule has 0 spiro atoms. The summed E-state index contributed by atoms with van der Waals surface area (Å²) >= 11 is 0. The number of furan rings is 1. The molecule has 0 radical (unpaired) electrons. The van der Waals surface area contributed by atoms with E-state index < -0.39 is 22.9 Å². The van der Waals surface area contributed by atoms with Crippen molar-refractivity contribution in [1.82, 2.24) is 0 Å². The van der Waals surface area contributed by atoms with Crippen LogP contribution >= 0.6 is 0 Å². The minimum Gasteiger partial charge on any atom is -0.497 e. The van der Waals surface area contributed by atoms with Crippen LogP contribution in [0, 0.1) is 10.1 Å². The van der Waals surface area contributed by atoms with Gasteiger partial charge in [-0.2, -0.15) is 0 Å². The molecular weight excluding hydrogens is 390 g/mol. The fourth-order valence-corrected chi connectivity index (χ4v) is 2.59. The zero-order valence-corrected chi connectivity index (χ0v) is 18.4. The van der Waals surface area contributed by atoms with E-state index in [9.17, 15) is 19.7 Å². The van der Waals surface area contributed by atoms with Gasteiger partial charge >= 0.3 is 12.0 Å². The van der Waals surface area contributed by atoms with Crippen molar-refractivity contribution < 1.29 is 28.4 Å². The smallest absolute Gasteiger partial charge is 0.382 e. The van der Waals surface area contributed by atoms with E-state index in [0.717, 1.165) is 0 Å². The van der Waals surface area contributed by atoms with Crippen molar-refractivity contribution in [3.63, 3.8) is 0 Å². The Morgan fingerprint density at radius 1 is 1.10 bits per heavy atom. The molecule has 0 bridgehead atoms. The lowest BCUT2D eigenvalue weighted by atomic mass is 9.89. The third-order valence-electron chi connectivity index (χ3n) is 3.86. The van der Waals surface area contributed by atoms with E-state index in [1.807, 2.05) is 27.7 Å². The van der Waals surface area contributed by atoms with Gasteiger partial charge < -0.3 is 13.9 Å². The fraction of sp³-hybridized carbons (Fsp3) is 0.455. The summed E-state index contributed by atoms with van der Waals surface area (Å²) < 4.78 is 15.1. The topological polar surface area (TPSA) is 109 Å². The predicted octanol–water partition coefficient (Wildman–Crippen LogP) is 4.91. The van der Waals surface area contributed by atoms with Crippen LogP contribution in [0.25, 0.3) is 0 Å². The van der Waals surface area contributed by atoms with Gasteiger partial charge in [0.15, 0.2) is 5.78 Å². The van der Waals surface area contributed by atoms with E-state index in [-0.39, 0.29) is 24.6 Å². The molecule has 2 atom stereocenters. The lowest BCUT2D eigenvalue weighted by molar-refractivity contribution is -0.515. The zero-order chi connectivity index (χ0) is 23.1. The van der Waals surface area contributed by atoms with Gasteiger partial charge in [0.2, 0.25) is 0 Å². The average molecular weight is 421 g/mol. The number of benzene rings is 1. The van der Waals surface area contributed by atoms with Gasteiger partial charge in [0.25, 0.3) is 0 Å². The molecule has 0 N–H and O–H groups in total. The predicted molar refractivity (Wildman–Crippen MR) is 114 cm³/mol. The summed E-state index contributed by atoms with van der Waals surface area (Å²) in [6.07, 6.45) is 1.06. The molecule has 2 unspecified atom stereocenters. The first-order valence-corrected chi connectivity index (χ1v) is 9.98. The van der Waals surface area contributed by atoms with Crippen molar-refractivity contribution >= 4 is 11.8 Å². The van der Waals surface area contributed by atoms with E-state index in [2.05, 4.69) is 0 Å². The number of Topliss-reactive ketones (excluding diaryl/α,β-unsaturated/α-hetero) is 1. The van der Waals surface area contributed by atoms with Crippen molar-refractivity contribution in [3.8, 4) is 5.75 Å². The molecule has 0 aliphatic carbocycles. The molecule has 1 aromatic carbocycles. The summed E-state index contributed by atoms with van der Waals surface area (Å²) in [6, 6.07) is 7.67. The minimum atomic E-state index is -1.73. The number of hydrogen-bond donors (Lipinski definition) is 0. The molecule has 166 valence electrons. The Bertz CT molecular complexity index is 754. The summed E-state index contributed by atoms with van der Waals surface area (Å²) in [4.78, 5) is 35.4. The van der Waals surface area contributed by atoms with Crippen LogP contribution in [0.15, 0.2) is 47.1 Å². The largest absolute Gasteiger partial charge is 0.497 e. The van der Waals surface area contributed by atoms with Crippen LogP contribution in [-0.4, -0.2) is 36.4 Å². The van der Waals surface area contributed by atoms with Crippen LogP contribution in [0.2, 0.25) is 0 Å². The molecule has 8 heteroatoms. The highest BCUT2D eigenvalue weighted by atomic mass is 16.6. The summed E-state index contributed by atoms with van der Waals surface area (Å²) in [7, 11) is 1.50. The van der Waals surface area contributed by atoms with Gasteiger partial charge in [-0.25, -0.2) is 4.79 Å². The van der Waals surface area contributed by atoms with E-state index >= 15 is 0 Å².